The number of fused-ring (bicyclic) bond motifs is 6. The zero-order chi connectivity index (χ0) is 27.9. The Morgan fingerprint density at radius 2 is 1.97 bits per heavy atom. The highest BCUT2D eigenvalue weighted by atomic mass is 32.2. The highest BCUT2D eigenvalue weighted by molar-refractivity contribution is 7.92. The Hall–Kier alpha value is -3.52. The Labute approximate surface area is 225 Å². The van der Waals surface area contributed by atoms with E-state index in [1.165, 1.54) is 12.1 Å². The standard InChI is InChI=1S/C25H26FN5O6S2/c1-25-15-6-5-14(9-15)20(25)21(32)19(24(33)31(25)12-13-3-7-16(26)8-4-13)23-28-22-18(39(36,37)30-23)10-17(11-27-22)29-38(2,34)35/h3-4,7-8,10-11,14-15,20,29,32H,5-6,9,12H2,1-2H3,(H,27,28,30)/t14-,15+,20-,25-/m0/s1. The van der Waals surface area contributed by atoms with E-state index < -0.39 is 43.2 Å². The van der Waals surface area contributed by atoms with Crippen molar-refractivity contribution in [1.82, 2.24) is 9.88 Å². The molecule has 2 aromatic rings. The third-order valence-corrected chi connectivity index (χ3v) is 10.3. The van der Waals surface area contributed by atoms with Gasteiger partial charge < -0.3 is 15.3 Å². The highest BCUT2D eigenvalue weighted by Gasteiger charge is 2.64. The van der Waals surface area contributed by atoms with Crippen LogP contribution in [0.5, 0.6) is 0 Å². The molecule has 0 unspecified atom stereocenters. The summed E-state index contributed by atoms with van der Waals surface area (Å²) in [6.07, 6.45) is 4.66. The zero-order valence-corrected chi connectivity index (χ0v) is 22.7. The Balaban J connectivity index is 1.44. The van der Waals surface area contributed by atoms with Crippen LogP contribution in [0, 0.1) is 23.6 Å². The number of amidine groups is 1. The predicted octanol–water partition coefficient (Wildman–Crippen LogP) is 2.76. The van der Waals surface area contributed by atoms with Crippen LogP contribution in [0.1, 0.15) is 31.7 Å². The van der Waals surface area contributed by atoms with Crippen molar-refractivity contribution in [3.8, 4) is 0 Å². The minimum Gasteiger partial charge on any atom is -0.511 e. The van der Waals surface area contributed by atoms with E-state index in [1.807, 2.05) is 6.92 Å². The molecule has 0 saturated heterocycles. The molecule has 2 aliphatic heterocycles. The summed E-state index contributed by atoms with van der Waals surface area (Å²) in [5, 5.41) is 14.3. The fourth-order valence-corrected chi connectivity index (χ4v) is 8.38. The van der Waals surface area contributed by atoms with Crippen LogP contribution in [0.4, 0.5) is 15.9 Å². The second-order valence-electron chi connectivity index (χ2n) is 10.7. The summed E-state index contributed by atoms with van der Waals surface area (Å²) in [7, 11) is -8.11. The zero-order valence-electron chi connectivity index (χ0n) is 21.0. The van der Waals surface area contributed by atoms with Crippen molar-refractivity contribution in [2.75, 3.05) is 16.3 Å². The van der Waals surface area contributed by atoms with Gasteiger partial charge in [-0.15, -0.1) is 4.40 Å². The number of carbonyl (C=O) groups excluding carboxylic acids is 1. The largest absolute Gasteiger partial charge is 0.511 e. The van der Waals surface area contributed by atoms with Gasteiger partial charge in [-0.2, -0.15) is 8.42 Å². The minimum atomic E-state index is -4.42. The molecule has 14 heteroatoms. The van der Waals surface area contributed by atoms with Gasteiger partial charge in [-0.1, -0.05) is 12.1 Å². The summed E-state index contributed by atoms with van der Waals surface area (Å²) in [5.74, 6) is -1.88. The average molecular weight is 576 g/mol. The number of sulfonamides is 2. The van der Waals surface area contributed by atoms with Crippen LogP contribution in [-0.4, -0.2) is 55.4 Å². The van der Waals surface area contributed by atoms with Crippen LogP contribution in [0.2, 0.25) is 0 Å². The van der Waals surface area contributed by atoms with Gasteiger partial charge >= 0.3 is 0 Å². The quantitative estimate of drug-likeness (QED) is 0.491. The smallest absolute Gasteiger partial charge is 0.288 e. The second-order valence-corrected chi connectivity index (χ2v) is 14.1. The second kappa shape index (κ2) is 8.49. The van der Waals surface area contributed by atoms with Crippen molar-refractivity contribution >= 4 is 43.3 Å². The summed E-state index contributed by atoms with van der Waals surface area (Å²) in [6.45, 7) is 2.09. The van der Waals surface area contributed by atoms with Crippen LogP contribution in [0.3, 0.4) is 0 Å². The summed E-state index contributed by atoms with van der Waals surface area (Å²) in [6, 6.07) is 6.89. The summed E-state index contributed by atoms with van der Waals surface area (Å²) in [5.41, 5.74) is -0.337. The number of aliphatic hydroxyl groups excluding tert-OH is 1. The molecule has 39 heavy (non-hydrogen) atoms. The molecule has 6 rings (SSSR count). The SMILES string of the molecule is C[C@]12[C@@H]3CC[C@@H](C3)[C@H]1C(O)=C(C1=NS(=O)(=O)c3cc(NS(C)(=O)=O)cnc3N1)C(=O)N2Cc1ccc(F)cc1. The molecule has 11 nitrogen and oxygen atoms in total. The lowest BCUT2D eigenvalue weighted by Crippen LogP contribution is -2.61. The van der Waals surface area contributed by atoms with Crippen molar-refractivity contribution in [3.05, 3.63) is 59.2 Å². The van der Waals surface area contributed by atoms with Crippen molar-refractivity contribution in [2.45, 2.75) is 43.2 Å². The molecule has 206 valence electrons. The van der Waals surface area contributed by atoms with Crippen molar-refractivity contribution < 1.29 is 31.1 Å². The first-order valence-electron chi connectivity index (χ1n) is 12.4. The van der Waals surface area contributed by atoms with Crippen molar-refractivity contribution in [1.29, 1.82) is 0 Å². The van der Waals surface area contributed by atoms with Crippen molar-refractivity contribution in [3.63, 3.8) is 0 Å². The third-order valence-electron chi connectivity index (χ3n) is 8.36. The van der Waals surface area contributed by atoms with Gasteiger partial charge in [-0.25, -0.2) is 17.8 Å². The number of rotatable bonds is 5. The summed E-state index contributed by atoms with van der Waals surface area (Å²) >= 11 is 0. The maximum absolute atomic E-state index is 14.1. The minimum absolute atomic E-state index is 0.0701. The van der Waals surface area contributed by atoms with Gasteiger partial charge in [0.15, 0.2) is 11.7 Å². The van der Waals surface area contributed by atoms with Gasteiger partial charge in [0.2, 0.25) is 10.0 Å². The topological polar surface area (TPSA) is 158 Å². The lowest BCUT2D eigenvalue weighted by atomic mass is 9.68. The van der Waals surface area contributed by atoms with Crippen LogP contribution < -0.4 is 10.0 Å². The van der Waals surface area contributed by atoms with Crippen LogP contribution in [0.15, 0.2) is 57.2 Å². The number of aromatic nitrogens is 1. The van der Waals surface area contributed by atoms with E-state index in [2.05, 4.69) is 19.4 Å². The molecular weight excluding hydrogens is 549 g/mol. The number of benzene rings is 1. The van der Waals surface area contributed by atoms with E-state index >= 15 is 0 Å². The Bertz CT molecular complexity index is 1690. The summed E-state index contributed by atoms with van der Waals surface area (Å²) < 4.78 is 69.1. The van der Waals surface area contributed by atoms with E-state index in [4.69, 9.17) is 0 Å². The van der Waals surface area contributed by atoms with Gasteiger partial charge in [0.05, 0.1) is 23.7 Å². The monoisotopic (exact) mass is 575 g/mol. The Morgan fingerprint density at radius 3 is 2.67 bits per heavy atom. The van der Waals surface area contributed by atoms with Crippen LogP contribution >= 0.6 is 0 Å². The Kier molecular flexibility index (Phi) is 5.60. The summed E-state index contributed by atoms with van der Waals surface area (Å²) in [4.78, 5) is 19.4. The van der Waals surface area contributed by atoms with Gasteiger partial charge in [0.25, 0.3) is 15.9 Å². The maximum Gasteiger partial charge on any atom is 0.288 e. The number of hydrogen-bond acceptors (Lipinski definition) is 8. The molecule has 1 amide bonds. The average Bonchev–Trinajstić information content (AvgIpc) is 3.43. The molecule has 1 aromatic carbocycles. The molecule has 2 saturated carbocycles. The number of anilines is 2. The lowest BCUT2D eigenvalue weighted by Gasteiger charge is -2.52. The molecule has 0 spiro atoms. The molecule has 4 atom stereocenters. The molecule has 1 aromatic heterocycles. The first-order chi connectivity index (χ1) is 18.3. The number of carbonyl (C=O) groups is 1. The number of pyridine rings is 1. The lowest BCUT2D eigenvalue weighted by molar-refractivity contribution is -0.141. The van der Waals surface area contributed by atoms with E-state index in [0.29, 0.717) is 5.56 Å². The number of hydrogen-bond donors (Lipinski definition) is 3. The molecule has 4 aliphatic rings. The molecule has 0 radical (unpaired) electrons. The van der Waals surface area contributed by atoms with E-state index in [9.17, 15) is 31.1 Å². The number of nitrogens with zero attached hydrogens (tertiary/aromatic N) is 3. The molecule has 2 fully saturated rings. The number of nitrogens with one attached hydrogen (secondary N) is 2. The molecule has 2 aliphatic carbocycles. The Morgan fingerprint density at radius 1 is 1.26 bits per heavy atom. The fraction of sp³-hybridized carbons (Fsp3) is 0.400. The molecular formula is C25H26FN5O6S2. The van der Waals surface area contributed by atoms with Gasteiger partial charge in [0, 0.05) is 12.5 Å². The van der Waals surface area contributed by atoms with E-state index in [0.717, 1.165) is 37.8 Å². The number of aliphatic hydroxyl groups is 1. The first kappa shape index (κ1) is 25.7. The fourth-order valence-electron chi connectivity index (χ4n) is 6.74. The van der Waals surface area contributed by atoms with Crippen molar-refractivity contribution in [2.24, 2.45) is 22.2 Å². The highest BCUT2D eigenvalue weighted by Crippen LogP contribution is 2.61. The predicted molar refractivity (Wildman–Crippen MR) is 140 cm³/mol. The number of amides is 1. The molecule has 3 heterocycles. The van der Waals surface area contributed by atoms with Gasteiger partial charge in [-0.05, 0) is 61.8 Å². The first-order valence-corrected chi connectivity index (χ1v) is 15.7. The van der Waals surface area contributed by atoms with E-state index in [1.54, 1.807) is 17.0 Å². The van der Waals surface area contributed by atoms with Crippen LogP contribution in [-0.2, 0) is 31.4 Å². The van der Waals surface area contributed by atoms with E-state index in [-0.39, 0.29) is 51.9 Å². The number of halogens is 1. The normalized spacial score (nSPS) is 29.0. The van der Waals surface area contributed by atoms with Gasteiger partial charge in [0.1, 0.15) is 22.0 Å². The molecule has 2 bridgehead atoms. The van der Waals surface area contributed by atoms with Crippen LogP contribution in [0.25, 0.3) is 0 Å². The molecule has 3 N–H and O–H groups in total. The van der Waals surface area contributed by atoms with Gasteiger partial charge in [-0.3, -0.25) is 9.52 Å². The maximum atomic E-state index is 14.1. The third kappa shape index (κ3) is 4.07.